The molecule has 0 aliphatic heterocycles. The molecule has 8 heteroatoms. The van der Waals surface area contributed by atoms with Crippen molar-refractivity contribution in [3.63, 3.8) is 0 Å². The Hall–Kier alpha value is -0.320. The predicted octanol–water partition coefficient (Wildman–Crippen LogP) is 1.37. The topological polar surface area (TPSA) is 162 Å². The Morgan fingerprint density at radius 3 is 1.00 bits per heavy atom. The fourth-order valence-corrected chi connectivity index (χ4v) is 3.94. The summed E-state index contributed by atoms with van der Waals surface area (Å²) in [4.78, 5) is 0. The van der Waals surface area contributed by atoms with Crippen LogP contribution < -0.4 is 0 Å². The first-order valence-corrected chi connectivity index (χ1v) is 12.5. The summed E-state index contributed by atoms with van der Waals surface area (Å²) in [6.07, 6.45) is 1.36. The van der Waals surface area contributed by atoms with Crippen LogP contribution in [-0.4, -0.2) is 89.7 Å². The highest BCUT2D eigenvalue weighted by Crippen LogP contribution is 2.17. The van der Waals surface area contributed by atoms with Crippen molar-refractivity contribution in [3.05, 3.63) is 0 Å². The number of hydrogen-bond acceptors (Lipinski definition) is 8. The summed E-state index contributed by atoms with van der Waals surface area (Å²) >= 11 is 0. The molecule has 194 valence electrons. The second kappa shape index (κ2) is 19.0. The molecule has 0 aromatic heterocycles. The van der Waals surface area contributed by atoms with Crippen molar-refractivity contribution < 1.29 is 40.9 Å². The molecule has 32 heavy (non-hydrogen) atoms. The Kier molecular flexibility index (Phi) is 18.8. The molecule has 0 rings (SSSR count). The Bertz CT molecular complexity index is 423. The van der Waals surface area contributed by atoms with Crippen LogP contribution in [-0.2, 0) is 0 Å². The van der Waals surface area contributed by atoms with E-state index in [0.29, 0.717) is 70.6 Å². The normalized spacial score (nSPS) is 19.7. The summed E-state index contributed by atoms with van der Waals surface area (Å²) in [6, 6.07) is 0. The van der Waals surface area contributed by atoms with E-state index in [1.807, 2.05) is 6.92 Å². The van der Waals surface area contributed by atoms with E-state index in [1.54, 1.807) is 6.92 Å². The van der Waals surface area contributed by atoms with Crippen LogP contribution in [0, 0.1) is 0 Å². The quantitative estimate of drug-likeness (QED) is 0.126. The van der Waals surface area contributed by atoms with Crippen molar-refractivity contribution in [2.24, 2.45) is 0 Å². The van der Waals surface area contributed by atoms with Gasteiger partial charge >= 0.3 is 0 Å². The zero-order valence-electron chi connectivity index (χ0n) is 20.1. The number of rotatable bonds is 21. The third-order valence-electron chi connectivity index (χ3n) is 5.96. The Morgan fingerprint density at radius 2 is 0.688 bits per heavy atom. The Balaban J connectivity index is 3.86. The van der Waals surface area contributed by atoms with Crippen molar-refractivity contribution in [3.8, 4) is 0 Å². The van der Waals surface area contributed by atoms with Gasteiger partial charge in [-0.15, -0.1) is 0 Å². The van der Waals surface area contributed by atoms with Gasteiger partial charge in [0, 0.05) is 0 Å². The SMILES string of the molecule is CCC(O)CC(O)CCCC(O)CC(O)CC(O)CCCC(O)CC(O)CCCC(C)O. The molecule has 8 nitrogen and oxygen atoms in total. The van der Waals surface area contributed by atoms with Crippen molar-refractivity contribution in [1.29, 1.82) is 0 Å². The summed E-state index contributed by atoms with van der Waals surface area (Å²) in [5.74, 6) is 0. The van der Waals surface area contributed by atoms with Crippen LogP contribution in [0.25, 0.3) is 0 Å². The maximum absolute atomic E-state index is 10.1. The van der Waals surface area contributed by atoms with Gasteiger partial charge in [0.25, 0.3) is 0 Å². The average Bonchev–Trinajstić information content (AvgIpc) is 2.67. The van der Waals surface area contributed by atoms with E-state index < -0.39 is 42.7 Å². The van der Waals surface area contributed by atoms with E-state index in [4.69, 9.17) is 0 Å². The minimum atomic E-state index is -0.826. The van der Waals surface area contributed by atoms with E-state index in [2.05, 4.69) is 0 Å². The standard InChI is InChI=1S/C24H50O8/c1-3-18(26)13-19(27)9-5-11-22(30)15-24(32)16-23(31)12-6-10-21(29)14-20(28)8-4-7-17(2)25/h17-32H,3-16H2,1-2H3. The molecule has 0 bridgehead atoms. The third kappa shape index (κ3) is 19.2. The van der Waals surface area contributed by atoms with Crippen LogP contribution in [0.5, 0.6) is 0 Å². The van der Waals surface area contributed by atoms with Gasteiger partial charge in [-0.3, -0.25) is 0 Å². The first-order valence-electron chi connectivity index (χ1n) is 12.5. The van der Waals surface area contributed by atoms with Gasteiger partial charge in [-0.05, 0) is 96.8 Å². The Labute approximate surface area is 193 Å². The van der Waals surface area contributed by atoms with E-state index in [9.17, 15) is 40.9 Å². The lowest BCUT2D eigenvalue weighted by atomic mass is 9.96. The average molecular weight is 467 g/mol. The monoisotopic (exact) mass is 466 g/mol. The molecule has 0 radical (unpaired) electrons. The Morgan fingerprint density at radius 1 is 0.406 bits per heavy atom. The molecule has 0 aromatic carbocycles. The highest BCUT2D eigenvalue weighted by molar-refractivity contribution is 4.71. The van der Waals surface area contributed by atoms with E-state index in [1.165, 1.54) is 0 Å². The maximum atomic E-state index is 10.1. The lowest BCUT2D eigenvalue weighted by molar-refractivity contribution is 0.0287. The van der Waals surface area contributed by atoms with Crippen LogP contribution in [0.3, 0.4) is 0 Å². The number of hydrogen-bond donors (Lipinski definition) is 8. The van der Waals surface area contributed by atoms with E-state index in [0.717, 1.165) is 0 Å². The molecule has 0 saturated heterocycles. The lowest BCUT2D eigenvalue weighted by Crippen LogP contribution is -2.24. The molecule has 8 unspecified atom stereocenters. The summed E-state index contributed by atoms with van der Waals surface area (Å²) in [7, 11) is 0. The molecule has 8 N–H and O–H groups in total. The van der Waals surface area contributed by atoms with Crippen molar-refractivity contribution >= 4 is 0 Å². The molecule has 0 saturated carbocycles. The molecule has 0 amide bonds. The molecule has 8 atom stereocenters. The summed E-state index contributed by atoms with van der Waals surface area (Å²) in [6.45, 7) is 3.56. The highest BCUT2D eigenvalue weighted by atomic mass is 16.3. The predicted molar refractivity (Wildman–Crippen MR) is 124 cm³/mol. The van der Waals surface area contributed by atoms with Gasteiger partial charge in [0.05, 0.1) is 48.8 Å². The van der Waals surface area contributed by atoms with Crippen molar-refractivity contribution in [1.82, 2.24) is 0 Å². The maximum Gasteiger partial charge on any atom is 0.0589 e. The van der Waals surface area contributed by atoms with Crippen LogP contribution >= 0.6 is 0 Å². The number of aliphatic hydroxyl groups excluding tert-OH is 8. The van der Waals surface area contributed by atoms with Crippen molar-refractivity contribution in [2.75, 3.05) is 0 Å². The zero-order chi connectivity index (χ0) is 24.5. The van der Waals surface area contributed by atoms with Gasteiger partial charge in [-0.25, -0.2) is 0 Å². The van der Waals surface area contributed by atoms with Gasteiger partial charge in [0.15, 0.2) is 0 Å². The molecule has 0 aliphatic carbocycles. The minimum absolute atomic E-state index is 0.153. The van der Waals surface area contributed by atoms with Crippen LogP contribution in [0.2, 0.25) is 0 Å². The van der Waals surface area contributed by atoms with Gasteiger partial charge < -0.3 is 40.9 Å². The van der Waals surface area contributed by atoms with Gasteiger partial charge in [0.2, 0.25) is 0 Å². The number of aliphatic hydroxyl groups is 8. The van der Waals surface area contributed by atoms with E-state index in [-0.39, 0.29) is 25.4 Å². The highest BCUT2D eigenvalue weighted by Gasteiger charge is 2.18. The molecule has 0 fully saturated rings. The van der Waals surface area contributed by atoms with Gasteiger partial charge in [-0.1, -0.05) is 6.92 Å². The molecule has 0 spiro atoms. The van der Waals surface area contributed by atoms with Gasteiger partial charge in [-0.2, -0.15) is 0 Å². The largest absolute Gasteiger partial charge is 0.393 e. The smallest absolute Gasteiger partial charge is 0.0589 e. The lowest BCUT2D eigenvalue weighted by Gasteiger charge is -2.20. The molecular formula is C24H50O8. The van der Waals surface area contributed by atoms with Gasteiger partial charge in [0.1, 0.15) is 0 Å². The molecule has 0 aromatic rings. The van der Waals surface area contributed by atoms with Crippen LogP contribution in [0.4, 0.5) is 0 Å². The van der Waals surface area contributed by atoms with Crippen LogP contribution in [0.1, 0.15) is 104 Å². The third-order valence-corrected chi connectivity index (χ3v) is 5.96. The summed E-state index contributed by atoms with van der Waals surface area (Å²) in [5, 5.41) is 78.7. The molecule has 0 heterocycles. The fourth-order valence-electron chi connectivity index (χ4n) is 3.94. The first-order chi connectivity index (χ1) is 15.0. The van der Waals surface area contributed by atoms with E-state index >= 15 is 0 Å². The van der Waals surface area contributed by atoms with Crippen molar-refractivity contribution in [2.45, 2.75) is 153 Å². The molecule has 0 aliphatic rings. The fraction of sp³-hybridized carbons (Fsp3) is 1.00. The second-order valence-corrected chi connectivity index (χ2v) is 9.57. The molecular weight excluding hydrogens is 416 g/mol. The second-order valence-electron chi connectivity index (χ2n) is 9.57. The zero-order valence-corrected chi connectivity index (χ0v) is 20.1. The summed E-state index contributed by atoms with van der Waals surface area (Å²) in [5.41, 5.74) is 0. The summed E-state index contributed by atoms with van der Waals surface area (Å²) < 4.78 is 0. The first kappa shape index (κ1) is 31.7. The van der Waals surface area contributed by atoms with Crippen LogP contribution in [0.15, 0.2) is 0 Å². The minimum Gasteiger partial charge on any atom is -0.393 e.